The molecule has 2 aromatic rings. The Morgan fingerprint density at radius 3 is 2.63 bits per heavy atom. The molecule has 0 aliphatic carbocycles. The van der Waals surface area contributed by atoms with E-state index in [1.54, 1.807) is 12.1 Å². The van der Waals surface area contributed by atoms with E-state index in [1.807, 2.05) is 24.3 Å². The lowest BCUT2D eigenvalue weighted by Gasteiger charge is -2.07. The molecule has 0 spiro atoms. The van der Waals surface area contributed by atoms with Crippen molar-refractivity contribution in [2.24, 2.45) is 0 Å². The van der Waals surface area contributed by atoms with Crippen molar-refractivity contribution in [3.05, 3.63) is 64.1 Å². The number of rotatable bonds is 5. The number of benzene rings is 2. The van der Waals surface area contributed by atoms with Gasteiger partial charge in [0.15, 0.2) is 0 Å². The summed E-state index contributed by atoms with van der Waals surface area (Å²) >= 11 is 3.37. The Morgan fingerprint density at radius 1 is 1.11 bits per heavy atom. The molecule has 0 aromatic heterocycles. The predicted molar refractivity (Wildman–Crippen MR) is 79.1 cm³/mol. The van der Waals surface area contributed by atoms with Crippen molar-refractivity contribution < 1.29 is 4.74 Å². The van der Waals surface area contributed by atoms with Gasteiger partial charge in [-0.15, -0.1) is 0 Å². The Morgan fingerprint density at radius 2 is 1.89 bits per heavy atom. The summed E-state index contributed by atoms with van der Waals surface area (Å²) in [6.07, 6.45) is 1.96. The summed E-state index contributed by atoms with van der Waals surface area (Å²) in [5, 5.41) is 8.88. The molecule has 2 rings (SSSR count). The molecule has 19 heavy (non-hydrogen) atoms. The quantitative estimate of drug-likeness (QED) is 0.769. The summed E-state index contributed by atoms with van der Waals surface area (Å²) in [6, 6.07) is 17.9. The Hall–Kier alpha value is -1.79. The first kappa shape index (κ1) is 13.6. The number of halogens is 1. The van der Waals surface area contributed by atoms with Gasteiger partial charge in [-0.3, -0.25) is 0 Å². The van der Waals surface area contributed by atoms with Crippen LogP contribution in [0.1, 0.15) is 17.5 Å². The average molecular weight is 316 g/mol. The first-order chi connectivity index (χ1) is 9.28. The lowest BCUT2D eigenvalue weighted by Crippen LogP contribution is -1.99. The van der Waals surface area contributed by atoms with Gasteiger partial charge >= 0.3 is 0 Å². The number of ether oxygens (including phenoxy) is 1. The molecule has 0 amide bonds. The van der Waals surface area contributed by atoms with Crippen LogP contribution in [0.2, 0.25) is 0 Å². The molecule has 0 saturated heterocycles. The van der Waals surface area contributed by atoms with Crippen LogP contribution in [0, 0.1) is 11.3 Å². The minimum Gasteiger partial charge on any atom is -0.493 e. The lowest BCUT2D eigenvalue weighted by molar-refractivity contribution is 0.311. The van der Waals surface area contributed by atoms with E-state index in [2.05, 4.69) is 34.1 Å². The third kappa shape index (κ3) is 4.42. The van der Waals surface area contributed by atoms with Crippen molar-refractivity contribution in [1.82, 2.24) is 0 Å². The molecule has 96 valence electrons. The molecule has 0 fully saturated rings. The summed E-state index contributed by atoms with van der Waals surface area (Å²) in [7, 11) is 0. The standard InChI is InChI=1S/C16H14BrNO/c17-15-9-14(12-18)10-16(11-15)19-8-4-7-13-5-2-1-3-6-13/h1-3,5-6,9-11H,4,7-8H2. The van der Waals surface area contributed by atoms with Gasteiger partial charge in [-0.05, 0) is 36.6 Å². The van der Waals surface area contributed by atoms with Crippen molar-refractivity contribution in [2.45, 2.75) is 12.8 Å². The minimum absolute atomic E-state index is 0.604. The molecule has 2 nitrogen and oxygen atoms in total. The smallest absolute Gasteiger partial charge is 0.121 e. The highest BCUT2D eigenvalue weighted by atomic mass is 79.9. The third-order valence-corrected chi connectivity index (χ3v) is 3.18. The van der Waals surface area contributed by atoms with E-state index < -0.39 is 0 Å². The fraction of sp³-hybridized carbons (Fsp3) is 0.188. The molecular formula is C16H14BrNO. The second-order valence-corrected chi connectivity index (χ2v) is 5.14. The maximum Gasteiger partial charge on any atom is 0.121 e. The minimum atomic E-state index is 0.604. The largest absolute Gasteiger partial charge is 0.493 e. The Kier molecular flexibility index (Phi) is 5.00. The number of nitrogens with zero attached hydrogens (tertiary/aromatic N) is 1. The van der Waals surface area contributed by atoms with Crippen LogP contribution in [-0.4, -0.2) is 6.61 Å². The molecular weight excluding hydrogens is 302 g/mol. The summed E-state index contributed by atoms with van der Waals surface area (Å²) in [5.74, 6) is 0.735. The summed E-state index contributed by atoms with van der Waals surface area (Å²) in [4.78, 5) is 0. The average Bonchev–Trinajstić information content (AvgIpc) is 2.44. The monoisotopic (exact) mass is 315 g/mol. The highest BCUT2D eigenvalue weighted by Crippen LogP contribution is 2.21. The maximum absolute atomic E-state index is 8.88. The second-order valence-electron chi connectivity index (χ2n) is 4.23. The zero-order valence-corrected chi connectivity index (χ0v) is 12.1. The zero-order chi connectivity index (χ0) is 13.5. The number of aryl methyl sites for hydroxylation is 1. The molecule has 0 aliphatic heterocycles. The maximum atomic E-state index is 8.88. The summed E-state index contributed by atoms with van der Waals surface area (Å²) in [5.41, 5.74) is 1.92. The van der Waals surface area contributed by atoms with Gasteiger partial charge in [-0.25, -0.2) is 0 Å². The highest BCUT2D eigenvalue weighted by molar-refractivity contribution is 9.10. The highest BCUT2D eigenvalue weighted by Gasteiger charge is 2.00. The van der Waals surface area contributed by atoms with Gasteiger partial charge in [-0.2, -0.15) is 5.26 Å². The van der Waals surface area contributed by atoms with Gasteiger partial charge in [0.05, 0.1) is 18.2 Å². The van der Waals surface area contributed by atoms with Crippen LogP contribution in [0.15, 0.2) is 53.0 Å². The molecule has 0 radical (unpaired) electrons. The van der Waals surface area contributed by atoms with Crippen molar-refractivity contribution in [3.8, 4) is 11.8 Å². The Labute approximate surface area is 121 Å². The van der Waals surface area contributed by atoms with Crippen LogP contribution in [0.5, 0.6) is 5.75 Å². The number of hydrogen-bond donors (Lipinski definition) is 0. The van der Waals surface area contributed by atoms with Gasteiger partial charge in [0.2, 0.25) is 0 Å². The van der Waals surface area contributed by atoms with E-state index >= 15 is 0 Å². The molecule has 3 heteroatoms. The SMILES string of the molecule is N#Cc1cc(Br)cc(OCCCc2ccccc2)c1. The normalized spacial score (nSPS) is 9.89. The third-order valence-electron chi connectivity index (χ3n) is 2.72. The molecule has 0 unspecified atom stereocenters. The van der Waals surface area contributed by atoms with Crippen molar-refractivity contribution in [3.63, 3.8) is 0 Å². The fourth-order valence-electron chi connectivity index (χ4n) is 1.82. The van der Waals surface area contributed by atoms with Crippen LogP contribution in [0.3, 0.4) is 0 Å². The van der Waals surface area contributed by atoms with Crippen LogP contribution >= 0.6 is 15.9 Å². The van der Waals surface area contributed by atoms with E-state index in [0.29, 0.717) is 12.2 Å². The van der Waals surface area contributed by atoms with Crippen LogP contribution in [0.4, 0.5) is 0 Å². The molecule has 2 aromatic carbocycles. The fourth-order valence-corrected chi connectivity index (χ4v) is 2.29. The first-order valence-corrected chi connectivity index (χ1v) is 6.94. The van der Waals surface area contributed by atoms with E-state index in [-0.39, 0.29) is 0 Å². The number of hydrogen-bond acceptors (Lipinski definition) is 2. The van der Waals surface area contributed by atoms with Crippen LogP contribution < -0.4 is 4.74 Å². The topological polar surface area (TPSA) is 33.0 Å². The first-order valence-electron chi connectivity index (χ1n) is 6.15. The summed E-state index contributed by atoms with van der Waals surface area (Å²) in [6.45, 7) is 0.649. The summed E-state index contributed by atoms with van der Waals surface area (Å²) < 4.78 is 6.54. The molecule has 0 heterocycles. The molecule has 0 N–H and O–H groups in total. The van der Waals surface area contributed by atoms with E-state index in [0.717, 1.165) is 23.1 Å². The van der Waals surface area contributed by atoms with E-state index in [4.69, 9.17) is 10.00 Å². The van der Waals surface area contributed by atoms with Gasteiger partial charge in [0.25, 0.3) is 0 Å². The Bertz CT molecular complexity index is 575. The number of nitriles is 1. The second kappa shape index (κ2) is 6.96. The predicted octanol–water partition coefficient (Wildman–Crippen LogP) is 4.33. The van der Waals surface area contributed by atoms with E-state index in [9.17, 15) is 0 Å². The lowest BCUT2D eigenvalue weighted by atomic mass is 10.1. The van der Waals surface area contributed by atoms with Gasteiger partial charge in [0.1, 0.15) is 5.75 Å². The molecule has 0 saturated carbocycles. The van der Waals surface area contributed by atoms with Crippen molar-refractivity contribution in [1.29, 1.82) is 5.26 Å². The van der Waals surface area contributed by atoms with Crippen molar-refractivity contribution >= 4 is 15.9 Å². The van der Waals surface area contributed by atoms with Crippen LogP contribution in [0.25, 0.3) is 0 Å². The molecule has 0 bridgehead atoms. The van der Waals surface area contributed by atoms with Crippen LogP contribution in [-0.2, 0) is 6.42 Å². The van der Waals surface area contributed by atoms with Gasteiger partial charge in [-0.1, -0.05) is 46.3 Å². The van der Waals surface area contributed by atoms with Gasteiger partial charge < -0.3 is 4.74 Å². The molecule has 0 aliphatic rings. The van der Waals surface area contributed by atoms with Crippen molar-refractivity contribution in [2.75, 3.05) is 6.61 Å². The Balaban J connectivity index is 1.83. The van der Waals surface area contributed by atoms with E-state index in [1.165, 1.54) is 5.56 Å². The zero-order valence-electron chi connectivity index (χ0n) is 10.5. The molecule has 0 atom stereocenters. The van der Waals surface area contributed by atoms with Gasteiger partial charge in [0, 0.05) is 4.47 Å².